The van der Waals surface area contributed by atoms with Crippen molar-refractivity contribution < 1.29 is 4.79 Å². The monoisotopic (exact) mass is 184 g/mol. The Hall–Kier alpha value is -0.570. The first-order valence-corrected chi connectivity index (χ1v) is 5.04. The molecular formula is C10H20N2O. The highest BCUT2D eigenvalue weighted by molar-refractivity contribution is 5.81. The van der Waals surface area contributed by atoms with Crippen molar-refractivity contribution in [2.45, 2.75) is 26.8 Å². The molecule has 0 radical (unpaired) electrons. The number of likely N-dealkylation sites (tertiary alicyclic amines) is 1. The minimum absolute atomic E-state index is 0.201. The van der Waals surface area contributed by atoms with Crippen LogP contribution in [0.5, 0.6) is 0 Å². The Bertz CT molecular complexity index is 193. The summed E-state index contributed by atoms with van der Waals surface area (Å²) in [5.74, 6) is 1.01. The Morgan fingerprint density at radius 3 is 2.38 bits per heavy atom. The summed E-state index contributed by atoms with van der Waals surface area (Å²) in [6.07, 6.45) is 0. The number of rotatable bonds is 3. The van der Waals surface area contributed by atoms with E-state index < -0.39 is 0 Å². The van der Waals surface area contributed by atoms with Crippen LogP contribution in [-0.4, -0.2) is 37.0 Å². The van der Waals surface area contributed by atoms with Gasteiger partial charge in [-0.1, -0.05) is 13.8 Å². The van der Waals surface area contributed by atoms with Gasteiger partial charge in [-0.15, -0.1) is 0 Å². The predicted octanol–water partition coefficient (Wildman–Crippen LogP) is 0.709. The number of likely N-dealkylation sites (N-methyl/N-ethyl adjacent to an activating group) is 1. The normalized spacial score (nSPS) is 34.3. The summed E-state index contributed by atoms with van der Waals surface area (Å²) in [6.45, 7) is 8.05. The van der Waals surface area contributed by atoms with Gasteiger partial charge in [-0.2, -0.15) is 0 Å². The van der Waals surface area contributed by atoms with E-state index >= 15 is 0 Å². The highest BCUT2D eigenvalue weighted by Gasteiger charge is 2.39. The maximum absolute atomic E-state index is 11.7. The molecule has 1 rings (SSSR count). The number of carbonyl (C=O) groups is 1. The second kappa shape index (κ2) is 4.09. The van der Waals surface area contributed by atoms with E-state index in [2.05, 4.69) is 19.2 Å². The van der Waals surface area contributed by atoms with Crippen molar-refractivity contribution in [3.63, 3.8) is 0 Å². The standard InChI is InChI=1S/C10H20N2O/c1-7-8(2)10(13)12(9(7)3)6-5-11-4/h7-9,11H,5-6H2,1-4H3. The zero-order chi connectivity index (χ0) is 10.0. The average molecular weight is 184 g/mol. The quantitative estimate of drug-likeness (QED) is 0.700. The average Bonchev–Trinajstić information content (AvgIpc) is 2.30. The Kier molecular flexibility index (Phi) is 3.31. The van der Waals surface area contributed by atoms with Crippen LogP contribution in [0.3, 0.4) is 0 Å². The third kappa shape index (κ3) is 1.85. The van der Waals surface area contributed by atoms with Gasteiger partial charge in [-0.25, -0.2) is 0 Å². The Balaban J connectivity index is 2.59. The first-order chi connectivity index (χ1) is 6.09. The molecule has 1 aliphatic heterocycles. The fraction of sp³-hybridized carbons (Fsp3) is 0.900. The first-order valence-electron chi connectivity index (χ1n) is 5.04. The van der Waals surface area contributed by atoms with Gasteiger partial charge in [0.2, 0.25) is 5.91 Å². The smallest absolute Gasteiger partial charge is 0.226 e. The third-order valence-corrected chi connectivity index (χ3v) is 3.32. The third-order valence-electron chi connectivity index (χ3n) is 3.32. The molecule has 0 aliphatic carbocycles. The van der Waals surface area contributed by atoms with Crippen molar-refractivity contribution in [1.82, 2.24) is 10.2 Å². The van der Waals surface area contributed by atoms with Gasteiger partial charge in [-0.05, 0) is 19.9 Å². The Labute approximate surface area is 80.5 Å². The Morgan fingerprint density at radius 2 is 2.00 bits per heavy atom. The minimum Gasteiger partial charge on any atom is -0.338 e. The van der Waals surface area contributed by atoms with Gasteiger partial charge < -0.3 is 10.2 Å². The van der Waals surface area contributed by atoms with Gasteiger partial charge in [0.25, 0.3) is 0 Å². The van der Waals surface area contributed by atoms with E-state index in [9.17, 15) is 4.79 Å². The molecule has 1 aliphatic rings. The number of nitrogens with one attached hydrogen (secondary N) is 1. The maximum Gasteiger partial charge on any atom is 0.226 e. The van der Waals surface area contributed by atoms with E-state index in [-0.39, 0.29) is 5.92 Å². The zero-order valence-electron chi connectivity index (χ0n) is 9.00. The Morgan fingerprint density at radius 1 is 1.38 bits per heavy atom. The van der Waals surface area contributed by atoms with Crippen LogP contribution in [0.1, 0.15) is 20.8 Å². The molecule has 1 heterocycles. The second-order valence-electron chi connectivity index (χ2n) is 4.02. The van der Waals surface area contributed by atoms with Gasteiger partial charge in [0.1, 0.15) is 0 Å². The van der Waals surface area contributed by atoms with Crippen LogP contribution in [0.15, 0.2) is 0 Å². The molecule has 76 valence electrons. The van der Waals surface area contributed by atoms with Crippen LogP contribution < -0.4 is 5.32 Å². The van der Waals surface area contributed by atoms with E-state index in [1.165, 1.54) is 0 Å². The molecule has 1 fully saturated rings. The molecule has 3 atom stereocenters. The summed E-state index contributed by atoms with van der Waals surface area (Å²) in [6, 6.07) is 0.399. The molecule has 0 saturated carbocycles. The van der Waals surface area contributed by atoms with Crippen LogP contribution in [0.2, 0.25) is 0 Å². The molecule has 3 heteroatoms. The largest absolute Gasteiger partial charge is 0.338 e. The molecule has 0 bridgehead atoms. The first kappa shape index (κ1) is 10.5. The van der Waals surface area contributed by atoms with E-state index in [4.69, 9.17) is 0 Å². The highest BCUT2D eigenvalue weighted by atomic mass is 16.2. The molecule has 1 saturated heterocycles. The second-order valence-corrected chi connectivity index (χ2v) is 4.02. The molecule has 0 spiro atoms. The lowest BCUT2D eigenvalue weighted by molar-refractivity contribution is -0.131. The topological polar surface area (TPSA) is 32.3 Å². The van der Waals surface area contributed by atoms with Crippen LogP contribution in [-0.2, 0) is 4.79 Å². The molecule has 1 N–H and O–H groups in total. The van der Waals surface area contributed by atoms with Crippen molar-refractivity contribution in [3.05, 3.63) is 0 Å². The summed E-state index contributed by atoms with van der Waals surface area (Å²) in [5, 5.41) is 3.07. The number of nitrogens with zero attached hydrogens (tertiary/aromatic N) is 1. The van der Waals surface area contributed by atoms with Gasteiger partial charge >= 0.3 is 0 Å². The summed E-state index contributed by atoms with van der Waals surface area (Å²) in [4.78, 5) is 13.7. The van der Waals surface area contributed by atoms with Crippen molar-refractivity contribution in [2.24, 2.45) is 11.8 Å². The fourth-order valence-corrected chi connectivity index (χ4v) is 1.93. The van der Waals surface area contributed by atoms with Gasteiger partial charge in [-0.3, -0.25) is 4.79 Å². The lowest BCUT2D eigenvalue weighted by Gasteiger charge is -2.23. The predicted molar refractivity (Wildman–Crippen MR) is 53.4 cm³/mol. The SMILES string of the molecule is CNCCN1C(=O)C(C)C(C)C1C. The van der Waals surface area contributed by atoms with Crippen LogP contribution in [0, 0.1) is 11.8 Å². The molecule has 0 aromatic carbocycles. The van der Waals surface area contributed by atoms with E-state index in [0.29, 0.717) is 17.9 Å². The van der Waals surface area contributed by atoms with Gasteiger partial charge in [0.15, 0.2) is 0 Å². The minimum atomic E-state index is 0.201. The molecule has 3 nitrogen and oxygen atoms in total. The highest BCUT2D eigenvalue weighted by Crippen LogP contribution is 2.29. The van der Waals surface area contributed by atoms with Gasteiger partial charge in [0.05, 0.1) is 0 Å². The summed E-state index contributed by atoms with van der Waals surface area (Å²) in [5.41, 5.74) is 0. The molecular weight excluding hydrogens is 164 g/mol. The maximum atomic E-state index is 11.7. The van der Waals surface area contributed by atoms with Crippen molar-refractivity contribution >= 4 is 5.91 Å². The number of carbonyl (C=O) groups excluding carboxylic acids is 1. The fourth-order valence-electron chi connectivity index (χ4n) is 1.93. The number of hydrogen-bond donors (Lipinski definition) is 1. The zero-order valence-corrected chi connectivity index (χ0v) is 9.00. The molecule has 13 heavy (non-hydrogen) atoms. The van der Waals surface area contributed by atoms with E-state index in [0.717, 1.165) is 13.1 Å². The van der Waals surface area contributed by atoms with Crippen LogP contribution >= 0.6 is 0 Å². The molecule has 0 aromatic rings. The molecule has 1 amide bonds. The summed E-state index contributed by atoms with van der Waals surface area (Å²) in [7, 11) is 1.91. The van der Waals surface area contributed by atoms with Crippen molar-refractivity contribution in [3.8, 4) is 0 Å². The summed E-state index contributed by atoms with van der Waals surface area (Å²) < 4.78 is 0. The van der Waals surface area contributed by atoms with Crippen LogP contribution in [0.25, 0.3) is 0 Å². The molecule has 3 unspecified atom stereocenters. The van der Waals surface area contributed by atoms with Crippen molar-refractivity contribution in [1.29, 1.82) is 0 Å². The number of amides is 1. The van der Waals surface area contributed by atoms with Crippen molar-refractivity contribution in [2.75, 3.05) is 20.1 Å². The van der Waals surface area contributed by atoms with Gasteiger partial charge in [0, 0.05) is 25.0 Å². The number of hydrogen-bond acceptors (Lipinski definition) is 2. The van der Waals surface area contributed by atoms with Crippen LogP contribution in [0.4, 0.5) is 0 Å². The molecule has 0 aromatic heterocycles. The lowest BCUT2D eigenvalue weighted by Crippen LogP contribution is -2.37. The summed E-state index contributed by atoms with van der Waals surface area (Å²) >= 11 is 0. The van der Waals surface area contributed by atoms with E-state index in [1.807, 2.05) is 18.9 Å². The van der Waals surface area contributed by atoms with E-state index in [1.54, 1.807) is 0 Å². The lowest BCUT2D eigenvalue weighted by atomic mass is 9.95.